The highest BCUT2D eigenvalue weighted by molar-refractivity contribution is 7.17. The molecule has 0 fully saturated rings. The number of thiophene rings is 1. The lowest BCUT2D eigenvalue weighted by Gasteiger charge is -2.08. The van der Waals surface area contributed by atoms with E-state index in [1.165, 1.54) is 9.58 Å². The molecule has 3 aromatic heterocycles. The summed E-state index contributed by atoms with van der Waals surface area (Å²) in [6.07, 6.45) is 3.88. The fourth-order valence-electron chi connectivity index (χ4n) is 1.99. The molecule has 0 radical (unpaired) electrons. The third kappa shape index (κ3) is 2.54. The van der Waals surface area contributed by atoms with Crippen LogP contribution in [0.2, 0.25) is 0 Å². The second kappa shape index (κ2) is 5.36. The van der Waals surface area contributed by atoms with E-state index >= 15 is 0 Å². The smallest absolute Gasteiger partial charge is 0.125 e. The van der Waals surface area contributed by atoms with E-state index in [0.29, 0.717) is 6.04 Å². The van der Waals surface area contributed by atoms with Gasteiger partial charge in [-0.25, -0.2) is 4.98 Å². The monoisotopic (exact) mass is 289 g/mol. The van der Waals surface area contributed by atoms with Crippen LogP contribution in [0.15, 0.2) is 29.9 Å². The van der Waals surface area contributed by atoms with Gasteiger partial charge in [-0.1, -0.05) is 6.92 Å². The van der Waals surface area contributed by atoms with Gasteiger partial charge in [0.25, 0.3) is 0 Å². The summed E-state index contributed by atoms with van der Waals surface area (Å²) >= 11 is 3.46. The maximum Gasteiger partial charge on any atom is 0.125 e. The Kier molecular flexibility index (Phi) is 3.59. The average Bonchev–Trinajstić information content (AvgIpc) is 3.07. The highest BCUT2D eigenvalue weighted by Crippen LogP contribution is 2.31. The molecular weight excluding hydrogens is 274 g/mol. The second-order valence-electron chi connectivity index (χ2n) is 4.38. The lowest BCUT2D eigenvalue weighted by atomic mass is 10.3. The van der Waals surface area contributed by atoms with Gasteiger partial charge >= 0.3 is 0 Å². The minimum atomic E-state index is 0.356. The topological polar surface area (TPSA) is 37.8 Å². The molecule has 0 spiro atoms. The van der Waals surface area contributed by atoms with Crippen molar-refractivity contribution in [2.45, 2.75) is 19.9 Å². The Labute approximate surface area is 120 Å². The fourth-order valence-corrected chi connectivity index (χ4v) is 3.69. The molecule has 1 N–H and O–H groups in total. The number of hydrogen-bond donors (Lipinski definition) is 1. The molecule has 3 aromatic rings. The molecule has 0 aliphatic heterocycles. The number of pyridine rings is 1. The Morgan fingerprint density at radius 3 is 3.05 bits per heavy atom. The van der Waals surface area contributed by atoms with Gasteiger partial charge in [-0.15, -0.1) is 22.7 Å². The molecule has 0 amide bonds. The van der Waals surface area contributed by atoms with E-state index in [4.69, 9.17) is 0 Å². The Balaban J connectivity index is 1.93. The molecule has 98 valence electrons. The molecule has 0 saturated heterocycles. The van der Waals surface area contributed by atoms with Crippen LogP contribution >= 0.6 is 22.7 Å². The molecule has 0 aliphatic rings. The van der Waals surface area contributed by atoms with Crippen LogP contribution in [0.3, 0.4) is 0 Å². The number of aromatic nitrogens is 2. The zero-order valence-electron chi connectivity index (χ0n) is 10.9. The van der Waals surface area contributed by atoms with Crippen molar-refractivity contribution in [2.24, 2.45) is 0 Å². The van der Waals surface area contributed by atoms with E-state index in [2.05, 4.69) is 40.6 Å². The first kappa shape index (κ1) is 12.7. The van der Waals surface area contributed by atoms with Crippen molar-refractivity contribution in [1.29, 1.82) is 0 Å². The van der Waals surface area contributed by atoms with E-state index in [9.17, 15) is 0 Å². The Hall–Kier alpha value is -1.30. The van der Waals surface area contributed by atoms with Crippen molar-refractivity contribution in [2.75, 3.05) is 6.54 Å². The number of nitrogens with zero attached hydrogens (tertiary/aromatic N) is 2. The van der Waals surface area contributed by atoms with Gasteiger partial charge in [0, 0.05) is 28.9 Å². The van der Waals surface area contributed by atoms with E-state index in [1.807, 2.05) is 18.5 Å². The van der Waals surface area contributed by atoms with Crippen molar-refractivity contribution in [3.8, 4) is 10.6 Å². The summed E-state index contributed by atoms with van der Waals surface area (Å²) in [7, 11) is 0. The Morgan fingerprint density at radius 1 is 1.32 bits per heavy atom. The molecule has 3 nitrogen and oxygen atoms in total. The third-order valence-electron chi connectivity index (χ3n) is 3.01. The van der Waals surface area contributed by atoms with Crippen molar-refractivity contribution in [3.05, 3.63) is 34.8 Å². The molecular formula is C14H15N3S2. The highest BCUT2D eigenvalue weighted by Gasteiger charge is 2.11. The first-order valence-corrected chi connectivity index (χ1v) is 8.00. The maximum atomic E-state index is 4.52. The summed E-state index contributed by atoms with van der Waals surface area (Å²) in [5.41, 5.74) is 2.17. The van der Waals surface area contributed by atoms with Gasteiger partial charge in [-0.3, -0.25) is 4.98 Å². The minimum absolute atomic E-state index is 0.356. The Morgan fingerprint density at radius 2 is 2.21 bits per heavy atom. The normalized spacial score (nSPS) is 12.9. The molecule has 1 atom stereocenters. The van der Waals surface area contributed by atoms with Gasteiger partial charge in [0.05, 0.1) is 10.2 Å². The first-order valence-electron chi connectivity index (χ1n) is 6.30. The van der Waals surface area contributed by atoms with Crippen LogP contribution in [0, 0.1) is 0 Å². The van der Waals surface area contributed by atoms with Gasteiger partial charge in [-0.05, 0) is 31.0 Å². The number of rotatable bonds is 4. The SMILES string of the molecule is CCNC(C)c1cnc(-c2cnc3ccsc3c2)s1. The van der Waals surface area contributed by atoms with E-state index < -0.39 is 0 Å². The number of fused-ring (bicyclic) bond motifs is 1. The molecule has 3 rings (SSSR count). The number of thiazole rings is 1. The maximum absolute atomic E-state index is 4.52. The van der Waals surface area contributed by atoms with Crippen LogP contribution in [0.5, 0.6) is 0 Å². The lowest BCUT2D eigenvalue weighted by Crippen LogP contribution is -2.16. The van der Waals surface area contributed by atoms with Crippen LogP contribution in [-0.2, 0) is 0 Å². The van der Waals surface area contributed by atoms with Gasteiger partial charge < -0.3 is 5.32 Å². The van der Waals surface area contributed by atoms with Crippen LogP contribution in [0.4, 0.5) is 0 Å². The van der Waals surface area contributed by atoms with Gasteiger partial charge in [0.2, 0.25) is 0 Å². The molecule has 3 heterocycles. The van der Waals surface area contributed by atoms with Crippen LogP contribution < -0.4 is 5.32 Å². The fraction of sp³-hybridized carbons (Fsp3) is 0.286. The Bertz CT molecular complexity index is 687. The van der Waals surface area contributed by atoms with Crippen molar-refractivity contribution >= 4 is 32.9 Å². The molecule has 19 heavy (non-hydrogen) atoms. The quantitative estimate of drug-likeness (QED) is 0.786. The molecule has 5 heteroatoms. The highest BCUT2D eigenvalue weighted by atomic mass is 32.1. The summed E-state index contributed by atoms with van der Waals surface area (Å²) in [6, 6.07) is 4.58. The lowest BCUT2D eigenvalue weighted by molar-refractivity contribution is 0.606. The van der Waals surface area contributed by atoms with Crippen molar-refractivity contribution in [3.63, 3.8) is 0 Å². The molecule has 0 aromatic carbocycles. The van der Waals surface area contributed by atoms with Gasteiger partial charge in [-0.2, -0.15) is 0 Å². The van der Waals surface area contributed by atoms with Gasteiger partial charge in [0.15, 0.2) is 0 Å². The van der Waals surface area contributed by atoms with E-state index in [1.54, 1.807) is 22.7 Å². The largest absolute Gasteiger partial charge is 0.310 e. The first-order chi connectivity index (χ1) is 9.28. The molecule has 0 bridgehead atoms. The predicted molar refractivity (Wildman–Crippen MR) is 82.8 cm³/mol. The summed E-state index contributed by atoms with van der Waals surface area (Å²) in [4.78, 5) is 10.3. The zero-order chi connectivity index (χ0) is 13.2. The summed E-state index contributed by atoms with van der Waals surface area (Å²) < 4.78 is 1.22. The van der Waals surface area contributed by atoms with Crippen LogP contribution in [0.1, 0.15) is 24.8 Å². The average molecular weight is 289 g/mol. The van der Waals surface area contributed by atoms with Crippen molar-refractivity contribution < 1.29 is 0 Å². The molecule has 0 aliphatic carbocycles. The summed E-state index contributed by atoms with van der Waals surface area (Å²) in [6.45, 7) is 5.26. The predicted octanol–water partition coefficient (Wildman–Crippen LogP) is 4.09. The third-order valence-corrected chi connectivity index (χ3v) is 5.09. The van der Waals surface area contributed by atoms with Gasteiger partial charge in [0.1, 0.15) is 5.01 Å². The zero-order valence-corrected chi connectivity index (χ0v) is 12.5. The number of nitrogens with one attached hydrogen (secondary N) is 1. The number of hydrogen-bond acceptors (Lipinski definition) is 5. The summed E-state index contributed by atoms with van der Waals surface area (Å²) in [5, 5.41) is 6.52. The molecule has 1 unspecified atom stereocenters. The van der Waals surface area contributed by atoms with E-state index in [0.717, 1.165) is 22.6 Å². The van der Waals surface area contributed by atoms with Crippen molar-refractivity contribution in [1.82, 2.24) is 15.3 Å². The summed E-state index contributed by atoms with van der Waals surface area (Å²) in [5.74, 6) is 0. The molecule has 0 saturated carbocycles. The second-order valence-corrected chi connectivity index (χ2v) is 6.39. The van der Waals surface area contributed by atoms with E-state index in [-0.39, 0.29) is 0 Å². The standard InChI is InChI=1S/C14H15N3S2/c1-3-15-9(2)13-8-17-14(19-13)10-6-12-11(16-7-10)4-5-18-12/h4-9,15H,3H2,1-2H3. The minimum Gasteiger partial charge on any atom is -0.310 e. The van der Waals surface area contributed by atoms with Crippen LogP contribution in [-0.4, -0.2) is 16.5 Å². The van der Waals surface area contributed by atoms with Crippen LogP contribution in [0.25, 0.3) is 20.8 Å².